The van der Waals surface area contributed by atoms with Gasteiger partial charge in [0.25, 0.3) is 17.7 Å². The number of aryl methyl sites for hydroxylation is 2. The molecule has 0 saturated heterocycles. The van der Waals surface area contributed by atoms with E-state index in [2.05, 4.69) is 5.32 Å². The van der Waals surface area contributed by atoms with Gasteiger partial charge >= 0.3 is 0 Å². The molecular weight excluding hydrogens is 522 g/mol. The van der Waals surface area contributed by atoms with Crippen LogP contribution in [-0.4, -0.2) is 22.6 Å². The summed E-state index contributed by atoms with van der Waals surface area (Å²) in [6, 6.07) is 31.8. The Labute approximate surface area is 238 Å². The molecule has 0 aromatic heterocycles. The standard InChI is InChI=1S/C33H28ClN3O3/c1-22-16-17-28(18-23(22)2)37-32(39)29(34)30(33(37)40)35-27-15-9-14-26(19-27)31(38)36(20-24-10-5-3-6-11-24)21-25-12-7-4-8-13-25/h3-19,35H,20-21H2,1-2H3. The van der Waals surface area contributed by atoms with Crippen molar-refractivity contribution in [1.82, 2.24) is 4.90 Å². The Kier molecular flexibility index (Phi) is 7.80. The lowest BCUT2D eigenvalue weighted by Crippen LogP contribution is -2.32. The molecule has 4 aromatic rings. The maximum Gasteiger partial charge on any atom is 0.283 e. The fraction of sp³-hybridized carbons (Fsp3) is 0.121. The van der Waals surface area contributed by atoms with Gasteiger partial charge in [-0.15, -0.1) is 0 Å². The lowest BCUT2D eigenvalue weighted by molar-refractivity contribution is -0.120. The maximum absolute atomic E-state index is 13.8. The average Bonchev–Trinajstić information content (AvgIpc) is 3.18. The summed E-state index contributed by atoms with van der Waals surface area (Å²) in [6.07, 6.45) is 0. The van der Waals surface area contributed by atoms with Crippen molar-refractivity contribution in [3.05, 3.63) is 142 Å². The summed E-state index contributed by atoms with van der Waals surface area (Å²) in [4.78, 5) is 42.8. The van der Waals surface area contributed by atoms with E-state index in [1.54, 1.807) is 41.3 Å². The van der Waals surface area contributed by atoms with Gasteiger partial charge in [-0.05, 0) is 66.4 Å². The number of halogens is 1. The third kappa shape index (κ3) is 5.67. The molecule has 0 radical (unpaired) electrons. The second-order valence-corrected chi connectivity index (χ2v) is 10.1. The predicted octanol–water partition coefficient (Wildman–Crippen LogP) is 6.58. The number of hydrogen-bond donors (Lipinski definition) is 1. The Balaban J connectivity index is 1.39. The predicted molar refractivity (Wildman–Crippen MR) is 158 cm³/mol. The van der Waals surface area contributed by atoms with Crippen LogP contribution >= 0.6 is 11.6 Å². The van der Waals surface area contributed by atoms with Gasteiger partial charge in [0.05, 0.1) is 5.69 Å². The maximum atomic E-state index is 13.8. The monoisotopic (exact) mass is 549 g/mol. The van der Waals surface area contributed by atoms with Crippen molar-refractivity contribution in [1.29, 1.82) is 0 Å². The Morgan fingerprint density at radius 1 is 0.750 bits per heavy atom. The van der Waals surface area contributed by atoms with E-state index < -0.39 is 11.8 Å². The lowest BCUT2D eigenvalue weighted by Gasteiger charge is -2.23. The topological polar surface area (TPSA) is 69.7 Å². The van der Waals surface area contributed by atoms with Crippen molar-refractivity contribution in [2.75, 3.05) is 10.2 Å². The lowest BCUT2D eigenvalue weighted by atomic mass is 10.1. The first-order valence-electron chi connectivity index (χ1n) is 12.9. The molecule has 1 N–H and O–H groups in total. The molecule has 3 amide bonds. The molecule has 5 rings (SSSR count). The van der Waals surface area contributed by atoms with Crippen LogP contribution in [0.1, 0.15) is 32.6 Å². The number of carbonyl (C=O) groups is 3. The average molecular weight is 550 g/mol. The Morgan fingerprint density at radius 3 is 1.98 bits per heavy atom. The van der Waals surface area contributed by atoms with Gasteiger partial charge in [0, 0.05) is 24.3 Å². The van der Waals surface area contributed by atoms with Crippen LogP contribution in [0.3, 0.4) is 0 Å². The van der Waals surface area contributed by atoms with Gasteiger partial charge < -0.3 is 10.2 Å². The first-order valence-corrected chi connectivity index (χ1v) is 13.3. The van der Waals surface area contributed by atoms with Crippen molar-refractivity contribution < 1.29 is 14.4 Å². The highest BCUT2D eigenvalue weighted by Crippen LogP contribution is 2.31. The largest absolute Gasteiger partial charge is 0.350 e. The molecule has 6 nitrogen and oxygen atoms in total. The number of carbonyl (C=O) groups excluding carboxylic acids is 3. The Bertz CT molecular complexity index is 1580. The minimum Gasteiger partial charge on any atom is -0.350 e. The highest BCUT2D eigenvalue weighted by Gasteiger charge is 2.39. The van der Waals surface area contributed by atoms with Crippen molar-refractivity contribution in [2.45, 2.75) is 26.9 Å². The van der Waals surface area contributed by atoms with Crippen LogP contribution in [0.4, 0.5) is 11.4 Å². The normalized spacial score (nSPS) is 13.1. The Morgan fingerprint density at radius 2 is 1.38 bits per heavy atom. The zero-order valence-electron chi connectivity index (χ0n) is 22.2. The van der Waals surface area contributed by atoms with Crippen LogP contribution < -0.4 is 10.2 Å². The number of anilines is 2. The Hall–Kier alpha value is -4.68. The molecule has 0 atom stereocenters. The summed E-state index contributed by atoms with van der Waals surface area (Å²) in [6.45, 7) is 4.74. The molecule has 0 fully saturated rings. The van der Waals surface area contributed by atoms with Gasteiger partial charge in [0.2, 0.25) is 0 Å². The van der Waals surface area contributed by atoms with E-state index >= 15 is 0 Å². The van der Waals surface area contributed by atoms with E-state index in [1.807, 2.05) is 80.6 Å². The van der Waals surface area contributed by atoms with Crippen LogP contribution in [0.2, 0.25) is 0 Å². The molecule has 1 heterocycles. The van der Waals surface area contributed by atoms with Crippen LogP contribution in [0.5, 0.6) is 0 Å². The van der Waals surface area contributed by atoms with Crippen LogP contribution in [-0.2, 0) is 22.7 Å². The number of benzene rings is 4. The van der Waals surface area contributed by atoms with Crippen LogP contribution in [0.15, 0.2) is 114 Å². The second kappa shape index (κ2) is 11.6. The minimum absolute atomic E-state index is 0.0279. The zero-order valence-corrected chi connectivity index (χ0v) is 23.0. The van der Waals surface area contributed by atoms with Gasteiger partial charge in [-0.25, -0.2) is 4.90 Å². The highest BCUT2D eigenvalue weighted by molar-refractivity contribution is 6.53. The van der Waals surface area contributed by atoms with Crippen molar-refractivity contribution in [3.63, 3.8) is 0 Å². The van der Waals surface area contributed by atoms with E-state index in [0.717, 1.165) is 27.2 Å². The molecule has 4 aromatic carbocycles. The summed E-state index contributed by atoms with van der Waals surface area (Å²) < 4.78 is 0. The molecule has 1 aliphatic heterocycles. The van der Waals surface area contributed by atoms with Crippen molar-refractivity contribution in [3.8, 4) is 0 Å². The van der Waals surface area contributed by atoms with E-state index in [9.17, 15) is 14.4 Å². The number of rotatable bonds is 8. The molecule has 0 unspecified atom stereocenters. The first kappa shape index (κ1) is 26.9. The van der Waals surface area contributed by atoms with Gasteiger partial charge in [-0.1, -0.05) is 84.4 Å². The van der Waals surface area contributed by atoms with E-state index in [1.165, 1.54) is 0 Å². The van der Waals surface area contributed by atoms with Crippen LogP contribution in [0.25, 0.3) is 0 Å². The fourth-order valence-electron chi connectivity index (χ4n) is 4.57. The molecule has 7 heteroatoms. The number of hydrogen-bond acceptors (Lipinski definition) is 4. The second-order valence-electron chi connectivity index (χ2n) is 9.74. The van der Waals surface area contributed by atoms with E-state index in [-0.39, 0.29) is 16.6 Å². The van der Waals surface area contributed by atoms with Gasteiger partial charge in [0.15, 0.2) is 0 Å². The summed E-state index contributed by atoms with van der Waals surface area (Å²) in [5, 5.41) is 2.80. The third-order valence-corrected chi connectivity index (χ3v) is 7.23. The molecule has 200 valence electrons. The summed E-state index contributed by atoms with van der Waals surface area (Å²) in [5.74, 6) is -1.31. The van der Waals surface area contributed by atoms with Gasteiger partial charge in [-0.2, -0.15) is 0 Å². The van der Waals surface area contributed by atoms with E-state index in [0.29, 0.717) is 30.0 Å². The summed E-state index contributed by atoms with van der Waals surface area (Å²) >= 11 is 6.35. The zero-order chi connectivity index (χ0) is 28.2. The van der Waals surface area contributed by atoms with Crippen molar-refractivity contribution in [2.24, 2.45) is 0 Å². The van der Waals surface area contributed by atoms with Gasteiger partial charge in [0.1, 0.15) is 10.7 Å². The number of nitrogens with one attached hydrogen (secondary N) is 1. The molecule has 1 aliphatic rings. The first-order chi connectivity index (χ1) is 19.3. The summed E-state index contributed by atoms with van der Waals surface area (Å²) in [5.41, 5.74) is 5.37. The molecule has 0 aliphatic carbocycles. The van der Waals surface area contributed by atoms with Gasteiger partial charge in [-0.3, -0.25) is 14.4 Å². The number of nitrogens with zero attached hydrogens (tertiary/aromatic N) is 2. The minimum atomic E-state index is -0.596. The smallest absolute Gasteiger partial charge is 0.283 e. The molecule has 0 bridgehead atoms. The number of imide groups is 1. The SMILES string of the molecule is Cc1ccc(N2C(=O)C(Cl)=C(Nc3cccc(C(=O)N(Cc4ccccc4)Cc4ccccc4)c3)C2=O)cc1C. The fourth-order valence-corrected chi connectivity index (χ4v) is 4.79. The summed E-state index contributed by atoms with van der Waals surface area (Å²) in [7, 11) is 0. The third-order valence-electron chi connectivity index (χ3n) is 6.87. The van der Waals surface area contributed by atoms with E-state index in [4.69, 9.17) is 11.6 Å². The highest BCUT2D eigenvalue weighted by atomic mass is 35.5. The van der Waals surface area contributed by atoms with Crippen molar-refractivity contribution >= 4 is 40.7 Å². The van der Waals surface area contributed by atoms with Crippen LogP contribution in [0, 0.1) is 13.8 Å². The molecule has 40 heavy (non-hydrogen) atoms. The quantitative estimate of drug-likeness (QED) is 0.252. The molecule has 0 saturated carbocycles. The molecule has 0 spiro atoms. The molecular formula is C33H28ClN3O3. The number of amides is 3.